The van der Waals surface area contributed by atoms with Gasteiger partial charge in [0.1, 0.15) is 17.3 Å². The third kappa shape index (κ3) is 5.17. The smallest absolute Gasteiger partial charge is 0.407 e. The van der Waals surface area contributed by atoms with Crippen LogP contribution < -0.4 is 20.7 Å². The Morgan fingerprint density at radius 1 is 1.14 bits per heavy atom. The number of benzene rings is 1. The van der Waals surface area contributed by atoms with E-state index in [0.29, 0.717) is 35.6 Å². The first-order chi connectivity index (χ1) is 18.0. The van der Waals surface area contributed by atoms with E-state index in [-0.39, 0.29) is 0 Å². The number of rotatable bonds is 7. The normalized spacial score (nSPS) is 15.3. The zero-order valence-corrected chi connectivity index (χ0v) is 21.1. The number of ether oxygens (including phenoxy) is 1. The van der Waals surface area contributed by atoms with E-state index in [9.17, 15) is 4.79 Å². The van der Waals surface area contributed by atoms with Gasteiger partial charge < -0.3 is 20.7 Å². The number of fused-ring (bicyclic) bond motifs is 1. The van der Waals surface area contributed by atoms with Crippen molar-refractivity contribution in [1.29, 1.82) is 0 Å². The number of carbonyl (C=O) groups is 1. The fraction of sp³-hybridized carbons (Fsp3) is 0.333. The average molecular weight is 518 g/mol. The molecule has 1 saturated heterocycles. The molecular weight excluding hydrogens is 490 g/mol. The molecule has 9 nitrogen and oxygen atoms in total. The minimum atomic E-state index is -0.518. The van der Waals surface area contributed by atoms with Gasteiger partial charge in [0.25, 0.3) is 0 Å². The van der Waals surface area contributed by atoms with Crippen molar-refractivity contribution in [3.05, 3.63) is 70.8 Å². The molecule has 0 radical (unpaired) electrons. The molecule has 10 heteroatoms. The van der Waals surface area contributed by atoms with E-state index in [4.69, 9.17) is 27.2 Å². The van der Waals surface area contributed by atoms with Gasteiger partial charge in [-0.1, -0.05) is 23.7 Å². The molecular formula is C27H28ClN7O2. The summed E-state index contributed by atoms with van der Waals surface area (Å²) < 4.78 is 7.48. The zero-order valence-electron chi connectivity index (χ0n) is 20.4. The highest BCUT2D eigenvalue weighted by Crippen LogP contribution is 2.43. The highest BCUT2D eigenvalue weighted by molar-refractivity contribution is 6.33. The van der Waals surface area contributed by atoms with Crippen LogP contribution in [0.15, 0.2) is 48.9 Å². The van der Waals surface area contributed by atoms with E-state index in [0.717, 1.165) is 59.3 Å². The van der Waals surface area contributed by atoms with Gasteiger partial charge in [-0.25, -0.2) is 14.8 Å². The molecule has 6 rings (SSSR count). The lowest BCUT2D eigenvalue weighted by molar-refractivity contribution is 0.199. The number of aromatic nitrogens is 4. The fourth-order valence-corrected chi connectivity index (χ4v) is 5.10. The van der Waals surface area contributed by atoms with Gasteiger partial charge in [0, 0.05) is 43.3 Å². The number of nitrogens with zero attached hydrogens (tertiary/aromatic N) is 5. The minimum Gasteiger partial charge on any atom is -0.407 e. The van der Waals surface area contributed by atoms with E-state index in [1.54, 1.807) is 17.1 Å². The Balaban J connectivity index is 1.12. The number of nitrogens with two attached hydrogens (primary N) is 1. The van der Waals surface area contributed by atoms with Crippen LogP contribution in [0.2, 0.25) is 5.02 Å². The molecule has 0 atom stereocenters. The van der Waals surface area contributed by atoms with E-state index < -0.39 is 6.09 Å². The largest absolute Gasteiger partial charge is 0.412 e. The predicted octanol–water partition coefficient (Wildman–Crippen LogP) is 4.88. The number of anilines is 2. The summed E-state index contributed by atoms with van der Waals surface area (Å²) in [5.74, 6) is 2.14. The van der Waals surface area contributed by atoms with Crippen LogP contribution in [-0.4, -0.2) is 38.9 Å². The summed E-state index contributed by atoms with van der Waals surface area (Å²) in [4.78, 5) is 23.6. The van der Waals surface area contributed by atoms with Crippen LogP contribution in [0.3, 0.4) is 0 Å². The van der Waals surface area contributed by atoms with Gasteiger partial charge in [-0.2, -0.15) is 5.10 Å². The van der Waals surface area contributed by atoms with Crippen molar-refractivity contribution in [2.24, 2.45) is 0 Å². The molecule has 1 aromatic carbocycles. The maximum atomic E-state index is 12.6. The quantitative estimate of drug-likeness (QED) is 0.359. The number of carbonyl (C=O) groups excluding carboxylic acids is 1. The number of halogens is 1. The Hall–Kier alpha value is -3.85. The summed E-state index contributed by atoms with van der Waals surface area (Å²) in [5.41, 5.74) is 8.63. The molecule has 0 unspecified atom stereocenters. The van der Waals surface area contributed by atoms with Crippen molar-refractivity contribution in [2.75, 3.05) is 23.7 Å². The maximum absolute atomic E-state index is 12.6. The number of nitrogens with one attached hydrogen (secondary N) is 1. The summed E-state index contributed by atoms with van der Waals surface area (Å²) in [7, 11) is 0. The Morgan fingerprint density at radius 3 is 2.76 bits per heavy atom. The van der Waals surface area contributed by atoms with Gasteiger partial charge in [-0.05, 0) is 60.4 Å². The van der Waals surface area contributed by atoms with Crippen molar-refractivity contribution >= 4 is 40.1 Å². The number of amides is 1. The molecule has 0 spiro atoms. The van der Waals surface area contributed by atoms with Crippen LogP contribution >= 0.6 is 11.6 Å². The lowest BCUT2D eigenvalue weighted by Crippen LogP contribution is -2.26. The number of pyridine rings is 2. The maximum Gasteiger partial charge on any atom is 0.412 e. The molecule has 3 aromatic heterocycles. The first-order valence-corrected chi connectivity index (χ1v) is 13.0. The highest BCUT2D eigenvalue weighted by atomic mass is 35.5. The van der Waals surface area contributed by atoms with Gasteiger partial charge in [0.05, 0.1) is 17.8 Å². The summed E-state index contributed by atoms with van der Waals surface area (Å²) >= 11 is 6.55. The van der Waals surface area contributed by atoms with Gasteiger partial charge in [0.2, 0.25) is 0 Å². The molecule has 1 aliphatic heterocycles. The van der Waals surface area contributed by atoms with Crippen molar-refractivity contribution in [2.45, 2.75) is 44.7 Å². The van der Waals surface area contributed by atoms with Gasteiger partial charge in [-0.15, -0.1) is 0 Å². The Labute approximate surface area is 219 Å². The summed E-state index contributed by atoms with van der Waals surface area (Å²) in [6.45, 7) is 2.81. The SMILES string of the molecule is Nc1nccc2cc(CNC(=O)Oc3cn(Cc4cnc(N5CCCC5)c(Cl)c4)nc3C3CC3)ccc12. The molecule has 1 aliphatic carbocycles. The zero-order chi connectivity index (χ0) is 25.4. The first kappa shape index (κ1) is 23.5. The molecule has 4 heterocycles. The molecule has 37 heavy (non-hydrogen) atoms. The van der Waals surface area contributed by atoms with Crippen LogP contribution in [-0.2, 0) is 13.1 Å². The second-order valence-electron chi connectivity index (χ2n) is 9.69. The molecule has 2 aliphatic rings. The third-order valence-corrected chi connectivity index (χ3v) is 7.12. The predicted molar refractivity (Wildman–Crippen MR) is 143 cm³/mol. The average Bonchev–Trinajstić information content (AvgIpc) is 3.44. The van der Waals surface area contributed by atoms with E-state index in [1.165, 1.54) is 12.8 Å². The Kier molecular flexibility index (Phi) is 6.30. The molecule has 1 amide bonds. The molecule has 0 bridgehead atoms. The van der Waals surface area contributed by atoms with E-state index in [1.807, 2.05) is 36.5 Å². The number of hydrogen-bond donors (Lipinski definition) is 2. The fourth-order valence-electron chi connectivity index (χ4n) is 4.79. The lowest BCUT2D eigenvalue weighted by atomic mass is 10.1. The van der Waals surface area contributed by atoms with Crippen LogP contribution in [0.4, 0.5) is 16.4 Å². The van der Waals surface area contributed by atoms with Gasteiger partial charge in [-0.3, -0.25) is 4.68 Å². The molecule has 2 fully saturated rings. The number of nitrogen functional groups attached to an aromatic ring is 1. The Bertz CT molecular complexity index is 1460. The third-order valence-electron chi connectivity index (χ3n) is 6.85. The standard InChI is InChI=1S/C27H28ClN7O2/c28-22-12-18(14-31-26(22)34-9-1-2-10-34)15-35-16-23(24(33-35)19-4-5-19)37-27(36)32-13-17-3-6-21-20(11-17)7-8-30-25(21)29/h3,6-8,11-12,14,16,19H,1-2,4-5,9-10,13,15H2,(H2,29,30)(H,32,36). The minimum absolute atomic E-state index is 0.322. The lowest BCUT2D eigenvalue weighted by Gasteiger charge is -2.18. The van der Waals surface area contributed by atoms with E-state index >= 15 is 0 Å². The summed E-state index contributed by atoms with van der Waals surface area (Å²) in [6, 6.07) is 9.65. The van der Waals surface area contributed by atoms with Crippen LogP contribution in [0.25, 0.3) is 10.8 Å². The van der Waals surface area contributed by atoms with Crippen LogP contribution in [0, 0.1) is 0 Å². The summed E-state index contributed by atoms with van der Waals surface area (Å²) in [6.07, 6.45) is 9.20. The topological polar surface area (TPSA) is 111 Å². The summed E-state index contributed by atoms with van der Waals surface area (Å²) in [5, 5.41) is 10.1. The van der Waals surface area contributed by atoms with Crippen LogP contribution in [0.1, 0.15) is 48.4 Å². The van der Waals surface area contributed by atoms with Crippen molar-refractivity contribution < 1.29 is 9.53 Å². The van der Waals surface area contributed by atoms with Crippen LogP contribution in [0.5, 0.6) is 5.75 Å². The van der Waals surface area contributed by atoms with Gasteiger partial charge in [0.15, 0.2) is 5.75 Å². The molecule has 3 N–H and O–H groups in total. The second-order valence-corrected chi connectivity index (χ2v) is 10.1. The van der Waals surface area contributed by atoms with E-state index in [2.05, 4.69) is 20.2 Å². The highest BCUT2D eigenvalue weighted by Gasteiger charge is 2.31. The molecule has 190 valence electrons. The second kappa shape index (κ2) is 9.89. The van der Waals surface area contributed by atoms with Crippen molar-refractivity contribution in [1.82, 2.24) is 25.1 Å². The molecule has 4 aromatic rings. The first-order valence-electron chi connectivity index (χ1n) is 12.6. The number of hydrogen-bond acceptors (Lipinski definition) is 7. The molecule has 1 saturated carbocycles. The van der Waals surface area contributed by atoms with Crippen molar-refractivity contribution in [3.63, 3.8) is 0 Å². The van der Waals surface area contributed by atoms with Gasteiger partial charge >= 0.3 is 6.09 Å². The van der Waals surface area contributed by atoms with Crippen molar-refractivity contribution in [3.8, 4) is 5.75 Å². The monoisotopic (exact) mass is 517 g/mol. The Morgan fingerprint density at radius 2 is 1.97 bits per heavy atom.